The summed E-state index contributed by atoms with van der Waals surface area (Å²) in [7, 11) is 5.12. The molecule has 3 N–H and O–H groups in total. The van der Waals surface area contributed by atoms with Crippen LogP contribution in [0.5, 0.6) is 11.5 Å². The summed E-state index contributed by atoms with van der Waals surface area (Å²) in [6.45, 7) is 0. The Kier molecular flexibility index (Phi) is 5.07. The van der Waals surface area contributed by atoms with Gasteiger partial charge in [-0.05, 0) is 24.3 Å². The van der Waals surface area contributed by atoms with Crippen molar-refractivity contribution in [3.05, 3.63) is 54.9 Å². The molecular weight excluding hydrogens is 330 g/mol. The van der Waals surface area contributed by atoms with Gasteiger partial charge < -0.3 is 25.4 Å². The second kappa shape index (κ2) is 7.60. The summed E-state index contributed by atoms with van der Waals surface area (Å²) in [5, 5.41) is 3.21. The van der Waals surface area contributed by atoms with Crippen LogP contribution < -0.4 is 25.4 Å². The Bertz CT molecular complexity index is 886. The van der Waals surface area contributed by atoms with Crippen molar-refractivity contribution in [1.29, 1.82) is 0 Å². The largest absolute Gasteiger partial charge is 0.497 e. The van der Waals surface area contributed by atoms with Crippen LogP contribution in [0, 0.1) is 0 Å². The maximum absolute atomic E-state index is 6.33. The number of nitrogens with two attached hydrogens (primary N) is 1. The van der Waals surface area contributed by atoms with E-state index < -0.39 is 0 Å². The maximum atomic E-state index is 6.33. The molecule has 0 aliphatic heterocycles. The highest BCUT2D eigenvalue weighted by atomic mass is 16.5. The fraction of sp³-hybridized carbons (Fsp3) is 0.158. The van der Waals surface area contributed by atoms with Crippen LogP contribution in [0.2, 0.25) is 0 Å². The first-order chi connectivity index (χ1) is 12.6. The number of para-hydroxylation sites is 1. The topological polar surface area (TPSA) is 85.5 Å². The van der Waals surface area contributed by atoms with Gasteiger partial charge in [0.15, 0.2) is 11.6 Å². The number of benzene rings is 2. The van der Waals surface area contributed by atoms with E-state index in [1.165, 1.54) is 6.33 Å². The average molecular weight is 351 g/mol. The van der Waals surface area contributed by atoms with Crippen LogP contribution in [-0.2, 0) is 0 Å². The highest BCUT2D eigenvalue weighted by molar-refractivity contribution is 5.82. The summed E-state index contributed by atoms with van der Waals surface area (Å²) in [5.41, 5.74) is 8.44. The number of methoxy groups -OCH3 is 2. The van der Waals surface area contributed by atoms with Crippen molar-refractivity contribution in [3.63, 3.8) is 0 Å². The van der Waals surface area contributed by atoms with Crippen molar-refractivity contribution < 1.29 is 9.47 Å². The minimum atomic E-state index is 0.434. The van der Waals surface area contributed by atoms with Gasteiger partial charge >= 0.3 is 0 Å². The zero-order valence-electron chi connectivity index (χ0n) is 14.9. The summed E-state index contributed by atoms with van der Waals surface area (Å²) < 4.78 is 10.7. The van der Waals surface area contributed by atoms with E-state index in [0.29, 0.717) is 34.5 Å². The molecule has 7 heteroatoms. The third-order valence-corrected chi connectivity index (χ3v) is 3.98. The molecule has 0 atom stereocenters. The minimum absolute atomic E-state index is 0.434. The Morgan fingerprint density at radius 1 is 1.00 bits per heavy atom. The third-order valence-electron chi connectivity index (χ3n) is 3.98. The van der Waals surface area contributed by atoms with E-state index in [0.717, 1.165) is 5.69 Å². The van der Waals surface area contributed by atoms with E-state index in [1.54, 1.807) is 14.2 Å². The van der Waals surface area contributed by atoms with E-state index in [-0.39, 0.29) is 0 Å². The molecule has 1 heterocycles. The Morgan fingerprint density at radius 3 is 2.46 bits per heavy atom. The molecular formula is C19H21N5O2. The number of nitrogen functional groups attached to an aromatic ring is 1. The fourth-order valence-electron chi connectivity index (χ4n) is 2.57. The molecule has 3 rings (SSSR count). The smallest absolute Gasteiger partial charge is 0.161 e. The lowest BCUT2D eigenvalue weighted by atomic mass is 10.2. The molecule has 134 valence electrons. The molecule has 0 aliphatic rings. The zero-order chi connectivity index (χ0) is 18.5. The Hall–Kier alpha value is -3.48. The van der Waals surface area contributed by atoms with Crippen molar-refractivity contribution in [2.24, 2.45) is 0 Å². The van der Waals surface area contributed by atoms with Gasteiger partial charge in [-0.1, -0.05) is 18.2 Å². The van der Waals surface area contributed by atoms with Crippen LogP contribution in [0.25, 0.3) is 0 Å². The van der Waals surface area contributed by atoms with Gasteiger partial charge in [-0.25, -0.2) is 9.97 Å². The number of ether oxygens (including phenoxy) is 2. The molecule has 0 saturated carbocycles. The normalized spacial score (nSPS) is 10.3. The van der Waals surface area contributed by atoms with Crippen molar-refractivity contribution in [1.82, 2.24) is 9.97 Å². The number of nitrogens with zero attached hydrogens (tertiary/aromatic N) is 3. The molecule has 0 fully saturated rings. The van der Waals surface area contributed by atoms with Gasteiger partial charge in [-0.2, -0.15) is 0 Å². The Labute approximate surface area is 152 Å². The highest BCUT2D eigenvalue weighted by Gasteiger charge is 2.15. The predicted molar refractivity (Wildman–Crippen MR) is 104 cm³/mol. The summed E-state index contributed by atoms with van der Waals surface area (Å²) in [6, 6.07) is 15.3. The molecule has 3 aromatic rings. The zero-order valence-corrected chi connectivity index (χ0v) is 14.9. The van der Waals surface area contributed by atoms with Crippen LogP contribution in [0.4, 0.5) is 28.7 Å². The summed E-state index contributed by atoms with van der Waals surface area (Å²) in [5.74, 6) is 2.45. The van der Waals surface area contributed by atoms with Gasteiger partial charge in [0.25, 0.3) is 0 Å². The van der Waals surface area contributed by atoms with Crippen LogP contribution in [-0.4, -0.2) is 31.2 Å². The van der Waals surface area contributed by atoms with Gasteiger partial charge in [0.2, 0.25) is 0 Å². The fourth-order valence-corrected chi connectivity index (χ4v) is 2.57. The second-order valence-electron chi connectivity index (χ2n) is 5.55. The SMILES string of the molecule is COc1ccc(OC)c(Nc2ncnc(N(C)c3ccccc3)c2N)c1. The van der Waals surface area contributed by atoms with E-state index in [2.05, 4.69) is 15.3 Å². The number of nitrogens with one attached hydrogen (secondary N) is 1. The number of anilines is 5. The van der Waals surface area contributed by atoms with Crippen molar-refractivity contribution in [2.75, 3.05) is 37.2 Å². The van der Waals surface area contributed by atoms with Gasteiger partial charge in [-0.15, -0.1) is 0 Å². The number of aromatic nitrogens is 2. The lowest BCUT2D eigenvalue weighted by molar-refractivity contribution is 0.405. The van der Waals surface area contributed by atoms with Gasteiger partial charge in [0.1, 0.15) is 23.5 Å². The van der Waals surface area contributed by atoms with E-state index >= 15 is 0 Å². The second-order valence-corrected chi connectivity index (χ2v) is 5.55. The lowest BCUT2D eigenvalue weighted by Crippen LogP contribution is -2.15. The molecule has 0 amide bonds. The summed E-state index contributed by atoms with van der Waals surface area (Å²) in [4.78, 5) is 10.5. The molecule has 0 saturated heterocycles. The molecule has 0 radical (unpaired) electrons. The molecule has 2 aromatic carbocycles. The van der Waals surface area contributed by atoms with Crippen molar-refractivity contribution >= 4 is 28.7 Å². The highest BCUT2D eigenvalue weighted by Crippen LogP contribution is 2.35. The standard InChI is InChI=1S/C19H21N5O2/c1-24(13-7-5-4-6-8-13)19-17(20)18(21-12-22-19)23-15-11-14(25-2)9-10-16(15)26-3/h4-12H,20H2,1-3H3,(H,21,22,23). The minimum Gasteiger partial charge on any atom is -0.497 e. The van der Waals surface area contributed by atoms with Gasteiger partial charge in [-0.3, -0.25) is 0 Å². The Morgan fingerprint density at radius 2 is 1.77 bits per heavy atom. The molecule has 0 bridgehead atoms. The first-order valence-electron chi connectivity index (χ1n) is 8.02. The first kappa shape index (κ1) is 17.3. The predicted octanol–water partition coefficient (Wildman–Crippen LogP) is 3.59. The van der Waals surface area contributed by atoms with E-state index in [9.17, 15) is 0 Å². The third kappa shape index (κ3) is 3.46. The van der Waals surface area contributed by atoms with Gasteiger partial charge in [0, 0.05) is 18.8 Å². The van der Waals surface area contributed by atoms with Crippen molar-refractivity contribution in [3.8, 4) is 11.5 Å². The molecule has 7 nitrogen and oxygen atoms in total. The first-order valence-corrected chi connectivity index (χ1v) is 8.02. The van der Waals surface area contributed by atoms with E-state index in [1.807, 2.05) is 60.5 Å². The van der Waals surface area contributed by atoms with Crippen molar-refractivity contribution in [2.45, 2.75) is 0 Å². The van der Waals surface area contributed by atoms with Crippen LogP contribution in [0.1, 0.15) is 0 Å². The monoisotopic (exact) mass is 351 g/mol. The molecule has 26 heavy (non-hydrogen) atoms. The van der Waals surface area contributed by atoms with E-state index in [4.69, 9.17) is 15.2 Å². The van der Waals surface area contributed by atoms with Crippen LogP contribution in [0.3, 0.4) is 0 Å². The quantitative estimate of drug-likeness (QED) is 0.702. The number of hydrogen-bond acceptors (Lipinski definition) is 7. The van der Waals surface area contributed by atoms with Gasteiger partial charge in [0.05, 0.1) is 19.9 Å². The maximum Gasteiger partial charge on any atom is 0.161 e. The molecule has 0 spiro atoms. The molecule has 0 unspecified atom stereocenters. The Balaban J connectivity index is 1.96. The number of hydrogen-bond donors (Lipinski definition) is 2. The number of rotatable bonds is 6. The lowest BCUT2D eigenvalue weighted by Gasteiger charge is -2.21. The van der Waals surface area contributed by atoms with Crippen LogP contribution in [0.15, 0.2) is 54.9 Å². The average Bonchev–Trinajstić information content (AvgIpc) is 2.69. The summed E-state index contributed by atoms with van der Waals surface area (Å²) in [6.07, 6.45) is 1.47. The summed E-state index contributed by atoms with van der Waals surface area (Å²) >= 11 is 0. The molecule has 1 aromatic heterocycles. The molecule has 0 aliphatic carbocycles. The van der Waals surface area contributed by atoms with Crippen LogP contribution >= 0.6 is 0 Å².